The van der Waals surface area contributed by atoms with Crippen molar-refractivity contribution in [1.29, 1.82) is 0 Å². The highest BCUT2D eigenvalue weighted by Crippen LogP contribution is 2.20. The number of para-hydroxylation sites is 1. The number of ether oxygens (including phenoxy) is 1. The van der Waals surface area contributed by atoms with Gasteiger partial charge in [-0.3, -0.25) is 4.79 Å². The second-order valence-electron chi connectivity index (χ2n) is 3.84. The number of hydrogen-bond donors (Lipinski definition) is 1. The number of carbonyl (C=O) groups excluding carboxylic acids is 1. The lowest BCUT2D eigenvalue weighted by atomic mass is 10.1. The van der Waals surface area contributed by atoms with Crippen molar-refractivity contribution in [3.63, 3.8) is 0 Å². The number of aryl methyl sites for hydroxylation is 1. The zero-order valence-corrected chi connectivity index (χ0v) is 10.3. The van der Waals surface area contributed by atoms with Crippen molar-refractivity contribution in [1.82, 2.24) is 0 Å². The Morgan fingerprint density at radius 2 is 2.12 bits per heavy atom. The molecule has 0 unspecified atom stereocenters. The maximum Gasteiger partial charge on any atom is 0.252 e. The van der Waals surface area contributed by atoms with Gasteiger partial charge in [-0.15, -0.1) is 0 Å². The van der Waals surface area contributed by atoms with Crippen LogP contribution in [-0.4, -0.2) is 38.4 Å². The first-order valence-corrected chi connectivity index (χ1v) is 5.65. The van der Waals surface area contributed by atoms with Gasteiger partial charge in [-0.1, -0.05) is 18.2 Å². The third kappa shape index (κ3) is 3.84. The maximum absolute atomic E-state index is 11.4. The molecule has 0 aliphatic rings. The average molecular weight is 237 g/mol. The minimum Gasteiger partial charge on any atom is -0.387 e. The van der Waals surface area contributed by atoms with Crippen LogP contribution in [0.5, 0.6) is 0 Å². The predicted octanol–water partition coefficient (Wildman–Crippen LogP) is 1.22. The summed E-state index contributed by atoms with van der Waals surface area (Å²) >= 11 is 0. The Morgan fingerprint density at radius 3 is 2.76 bits per heavy atom. The Hall–Kier alpha value is -1.39. The number of aliphatic hydroxyl groups excluding tert-OH is 1. The van der Waals surface area contributed by atoms with E-state index in [0.717, 1.165) is 24.1 Å². The van der Waals surface area contributed by atoms with Crippen LogP contribution in [0.1, 0.15) is 12.0 Å². The summed E-state index contributed by atoms with van der Waals surface area (Å²) in [4.78, 5) is 12.9. The Balaban J connectivity index is 2.79. The number of benzene rings is 1. The van der Waals surface area contributed by atoms with Crippen LogP contribution in [0.4, 0.5) is 5.69 Å². The SMILES string of the molecule is COCCCc1ccccc1N(C)C(=O)CO. The van der Waals surface area contributed by atoms with Crippen LogP contribution < -0.4 is 4.90 Å². The molecule has 1 rings (SSSR count). The molecule has 0 radical (unpaired) electrons. The smallest absolute Gasteiger partial charge is 0.252 e. The van der Waals surface area contributed by atoms with Gasteiger partial charge in [0.25, 0.3) is 5.91 Å². The average Bonchev–Trinajstić information content (AvgIpc) is 2.38. The van der Waals surface area contributed by atoms with Gasteiger partial charge in [0.15, 0.2) is 0 Å². The van der Waals surface area contributed by atoms with E-state index in [9.17, 15) is 4.79 Å². The van der Waals surface area contributed by atoms with Crippen molar-refractivity contribution in [2.75, 3.05) is 32.3 Å². The molecule has 4 heteroatoms. The summed E-state index contributed by atoms with van der Waals surface area (Å²) in [5.74, 6) is -0.302. The van der Waals surface area contributed by atoms with Gasteiger partial charge >= 0.3 is 0 Å². The number of aliphatic hydroxyl groups is 1. The van der Waals surface area contributed by atoms with Gasteiger partial charge in [0.05, 0.1) is 0 Å². The van der Waals surface area contributed by atoms with E-state index >= 15 is 0 Å². The molecule has 94 valence electrons. The fraction of sp³-hybridized carbons (Fsp3) is 0.462. The van der Waals surface area contributed by atoms with Gasteiger partial charge in [-0.2, -0.15) is 0 Å². The standard InChI is InChI=1S/C13H19NO3/c1-14(13(16)10-15)12-8-4-3-6-11(12)7-5-9-17-2/h3-4,6,8,15H,5,7,9-10H2,1-2H3. The molecule has 0 atom stereocenters. The molecule has 1 aromatic rings. The topological polar surface area (TPSA) is 49.8 Å². The first kappa shape index (κ1) is 13.7. The number of carbonyl (C=O) groups is 1. The van der Waals surface area contributed by atoms with E-state index in [1.165, 1.54) is 4.90 Å². The second kappa shape index (κ2) is 7.04. The number of anilines is 1. The fourth-order valence-electron chi connectivity index (χ4n) is 1.70. The number of nitrogens with zero attached hydrogens (tertiary/aromatic N) is 1. The van der Waals surface area contributed by atoms with Crippen molar-refractivity contribution in [3.8, 4) is 0 Å². The highest BCUT2D eigenvalue weighted by atomic mass is 16.5. The van der Waals surface area contributed by atoms with Gasteiger partial charge in [0, 0.05) is 26.5 Å². The molecule has 0 heterocycles. The molecule has 0 aliphatic carbocycles. The zero-order valence-electron chi connectivity index (χ0n) is 10.3. The highest BCUT2D eigenvalue weighted by Gasteiger charge is 2.12. The molecule has 0 aromatic heterocycles. The maximum atomic E-state index is 11.4. The van der Waals surface area contributed by atoms with Crippen LogP contribution in [0.25, 0.3) is 0 Å². The van der Waals surface area contributed by atoms with E-state index in [1.807, 2.05) is 24.3 Å². The van der Waals surface area contributed by atoms with Crippen LogP contribution >= 0.6 is 0 Å². The van der Waals surface area contributed by atoms with Gasteiger partial charge in [0.2, 0.25) is 0 Å². The lowest BCUT2D eigenvalue weighted by Crippen LogP contribution is -2.29. The first-order chi connectivity index (χ1) is 8.20. The largest absolute Gasteiger partial charge is 0.387 e. The van der Waals surface area contributed by atoms with Crippen LogP contribution in [0, 0.1) is 0 Å². The monoisotopic (exact) mass is 237 g/mol. The van der Waals surface area contributed by atoms with E-state index in [2.05, 4.69) is 0 Å². The normalized spacial score (nSPS) is 10.3. The molecule has 4 nitrogen and oxygen atoms in total. The van der Waals surface area contributed by atoms with E-state index in [-0.39, 0.29) is 5.91 Å². The third-order valence-corrected chi connectivity index (χ3v) is 2.66. The first-order valence-electron chi connectivity index (χ1n) is 5.65. The molecule has 1 N–H and O–H groups in total. The zero-order chi connectivity index (χ0) is 12.7. The second-order valence-corrected chi connectivity index (χ2v) is 3.84. The summed E-state index contributed by atoms with van der Waals surface area (Å²) < 4.78 is 5.01. The molecule has 0 aliphatic heterocycles. The Labute approximate surface area is 102 Å². The molecule has 0 bridgehead atoms. The van der Waals surface area contributed by atoms with Crippen molar-refractivity contribution >= 4 is 11.6 Å². The van der Waals surface area contributed by atoms with Crippen LogP contribution in [0.3, 0.4) is 0 Å². The quantitative estimate of drug-likeness (QED) is 0.757. The number of likely N-dealkylation sites (N-methyl/N-ethyl adjacent to an activating group) is 1. The van der Waals surface area contributed by atoms with Crippen molar-refractivity contribution < 1.29 is 14.6 Å². The predicted molar refractivity (Wildman–Crippen MR) is 67.1 cm³/mol. The number of rotatable bonds is 6. The molecule has 0 fully saturated rings. The van der Waals surface area contributed by atoms with Crippen LogP contribution in [-0.2, 0) is 16.0 Å². The van der Waals surface area contributed by atoms with Gasteiger partial charge in [-0.25, -0.2) is 0 Å². The summed E-state index contributed by atoms with van der Waals surface area (Å²) in [5, 5.41) is 8.86. The number of methoxy groups -OCH3 is 1. The van der Waals surface area contributed by atoms with Gasteiger partial charge < -0.3 is 14.7 Å². The molecular formula is C13H19NO3. The van der Waals surface area contributed by atoms with Crippen LogP contribution in [0.15, 0.2) is 24.3 Å². The molecule has 1 aromatic carbocycles. The summed E-state index contributed by atoms with van der Waals surface area (Å²) in [7, 11) is 3.35. The summed E-state index contributed by atoms with van der Waals surface area (Å²) in [5.41, 5.74) is 1.94. The fourth-order valence-corrected chi connectivity index (χ4v) is 1.70. The Kier molecular flexibility index (Phi) is 5.66. The minimum atomic E-state index is -0.469. The highest BCUT2D eigenvalue weighted by molar-refractivity contribution is 5.94. The number of amides is 1. The lowest BCUT2D eigenvalue weighted by molar-refractivity contribution is -0.120. The molecule has 0 saturated carbocycles. The molecular weight excluding hydrogens is 218 g/mol. The molecule has 0 spiro atoms. The lowest BCUT2D eigenvalue weighted by Gasteiger charge is -2.19. The summed E-state index contributed by atoms with van der Waals surface area (Å²) in [6.45, 7) is 0.231. The van der Waals surface area contributed by atoms with E-state index < -0.39 is 6.61 Å². The Bertz CT molecular complexity index is 365. The van der Waals surface area contributed by atoms with E-state index in [0.29, 0.717) is 6.61 Å². The summed E-state index contributed by atoms with van der Waals surface area (Å²) in [6, 6.07) is 7.71. The van der Waals surface area contributed by atoms with E-state index in [4.69, 9.17) is 9.84 Å². The van der Waals surface area contributed by atoms with Crippen molar-refractivity contribution in [2.45, 2.75) is 12.8 Å². The summed E-state index contributed by atoms with van der Waals surface area (Å²) in [6.07, 6.45) is 1.77. The minimum absolute atomic E-state index is 0.302. The molecule has 1 amide bonds. The molecule has 0 saturated heterocycles. The van der Waals surface area contributed by atoms with Gasteiger partial charge in [-0.05, 0) is 24.5 Å². The number of hydrogen-bond acceptors (Lipinski definition) is 3. The van der Waals surface area contributed by atoms with Gasteiger partial charge in [0.1, 0.15) is 6.61 Å². The molecule has 17 heavy (non-hydrogen) atoms. The Morgan fingerprint density at radius 1 is 1.41 bits per heavy atom. The van der Waals surface area contributed by atoms with Crippen molar-refractivity contribution in [3.05, 3.63) is 29.8 Å². The third-order valence-electron chi connectivity index (χ3n) is 2.66. The van der Waals surface area contributed by atoms with Crippen molar-refractivity contribution in [2.24, 2.45) is 0 Å². The van der Waals surface area contributed by atoms with E-state index in [1.54, 1.807) is 14.2 Å². The van der Waals surface area contributed by atoms with Crippen LogP contribution in [0.2, 0.25) is 0 Å².